The third kappa shape index (κ3) is 8.46. The lowest BCUT2D eigenvalue weighted by atomic mass is 9.78. The highest BCUT2D eigenvalue weighted by Crippen LogP contribution is 2.38. The number of carbonyl (C=O) groups excluding carboxylic acids is 4. The van der Waals surface area contributed by atoms with Crippen molar-refractivity contribution in [2.45, 2.75) is 84.0 Å². The molecule has 254 valence electrons. The highest BCUT2D eigenvalue weighted by atomic mass is 35.5. The fourth-order valence-corrected chi connectivity index (χ4v) is 6.98. The number of ether oxygens (including phenoxy) is 1. The van der Waals surface area contributed by atoms with Gasteiger partial charge in [0.25, 0.3) is 0 Å². The Morgan fingerprint density at radius 1 is 0.915 bits per heavy atom. The highest BCUT2D eigenvalue weighted by Gasteiger charge is 2.46. The van der Waals surface area contributed by atoms with E-state index in [1.54, 1.807) is 30.3 Å². The molecule has 3 aromatic rings. The van der Waals surface area contributed by atoms with E-state index in [9.17, 15) is 19.2 Å². The Kier molecular flexibility index (Phi) is 12.0. The molecule has 6 N–H and O–H groups in total. The van der Waals surface area contributed by atoms with Gasteiger partial charge in [0.15, 0.2) is 0 Å². The van der Waals surface area contributed by atoms with Crippen molar-refractivity contribution in [1.82, 2.24) is 20.9 Å². The molecule has 0 saturated heterocycles. The van der Waals surface area contributed by atoms with E-state index in [0.717, 1.165) is 16.6 Å². The average Bonchev–Trinajstić information content (AvgIpc) is 3.37. The Bertz CT molecular complexity index is 1660. The predicted molar refractivity (Wildman–Crippen MR) is 185 cm³/mol. The number of fused-ring (bicyclic) bond motifs is 3. The Hall–Kier alpha value is -3.18. The van der Waals surface area contributed by atoms with Gasteiger partial charge < -0.3 is 31.4 Å². The third-order valence-corrected chi connectivity index (χ3v) is 9.92. The molecule has 1 aliphatic rings. The first-order valence-corrected chi connectivity index (χ1v) is 17.0. The van der Waals surface area contributed by atoms with Gasteiger partial charge in [-0.2, -0.15) is 0 Å². The van der Waals surface area contributed by atoms with Crippen LogP contribution in [0.4, 0.5) is 4.79 Å². The number of nitrogens with one attached hydrogen (secondary N) is 4. The van der Waals surface area contributed by atoms with Crippen LogP contribution in [0.1, 0.15) is 63.8 Å². The molecule has 0 radical (unpaired) electrons. The number of aromatic amines is 1. The zero-order valence-corrected chi connectivity index (χ0v) is 29.6. The molecule has 14 heteroatoms. The number of carbonyl (C=O) groups is 4. The van der Waals surface area contributed by atoms with Crippen LogP contribution < -0.4 is 21.7 Å². The molecule has 1 aromatic heterocycles. The smallest absolute Gasteiger partial charge is 0.408 e. The molecule has 1 heterocycles. The molecule has 0 saturated carbocycles. The summed E-state index contributed by atoms with van der Waals surface area (Å²) >= 11 is 25.0. The highest BCUT2D eigenvalue weighted by molar-refractivity contribution is 6.38. The van der Waals surface area contributed by atoms with Crippen molar-refractivity contribution in [1.29, 1.82) is 0 Å². The molecule has 0 spiro atoms. The van der Waals surface area contributed by atoms with E-state index < -0.39 is 41.4 Å². The van der Waals surface area contributed by atoms with E-state index in [-0.39, 0.29) is 31.3 Å². The Morgan fingerprint density at radius 2 is 1.53 bits per heavy atom. The number of aromatic nitrogens is 1. The van der Waals surface area contributed by atoms with Crippen LogP contribution in [0.15, 0.2) is 30.3 Å². The summed E-state index contributed by atoms with van der Waals surface area (Å²) in [6.45, 7) is 7.26. The van der Waals surface area contributed by atoms with Gasteiger partial charge in [-0.15, -0.1) is 0 Å². The number of rotatable bonds is 12. The lowest BCUT2D eigenvalue weighted by Gasteiger charge is -2.39. The molecule has 0 fully saturated rings. The number of hydrogen-bond acceptors (Lipinski definition) is 5. The number of H-pyrrole nitrogens is 1. The summed E-state index contributed by atoms with van der Waals surface area (Å²) in [5, 5.41) is 10.8. The van der Waals surface area contributed by atoms with Crippen LogP contribution in [0.3, 0.4) is 0 Å². The molecule has 0 bridgehead atoms. The van der Waals surface area contributed by atoms with Crippen molar-refractivity contribution >= 4 is 81.1 Å². The van der Waals surface area contributed by atoms with Gasteiger partial charge in [-0.1, -0.05) is 86.9 Å². The lowest BCUT2D eigenvalue weighted by molar-refractivity contribution is -0.137. The van der Waals surface area contributed by atoms with E-state index >= 15 is 0 Å². The molecule has 4 amide bonds. The van der Waals surface area contributed by atoms with Gasteiger partial charge in [0, 0.05) is 32.6 Å². The van der Waals surface area contributed by atoms with Crippen LogP contribution in [-0.2, 0) is 38.6 Å². The Balaban J connectivity index is 1.65. The maximum Gasteiger partial charge on any atom is 0.408 e. The summed E-state index contributed by atoms with van der Waals surface area (Å²) in [5.41, 5.74) is 7.05. The van der Waals surface area contributed by atoms with Crippen LogP contribution in [0.25, 0.3) is 10.9 Å². The minimum absolute atomic E-state index is 0.0652. The number of benzene rings is 2. The van der Waals surface area contributed by atoms with Crippen molar-refractivity contribution in [3.8, 4) is 0 Å². The van der Waals surface area contributed by atoms with Crippen LogP contribution in [0, 0.1) is 11.8 Å². The van der Waals surface area contributed by atoms with Crippen LogP contribution in [0.2, 0.25) is 20.1 Å². The van der Waals surface area contributed by atoms with E-state index in [0.29, 0.717) is 50.4 Å². The summed E-state index contributed by atoms with van der Waals surface area (Å²) in [5.74, 6) is -2.43. The third-order valence-electron chi connectivity index (χ3n) is 8.96. The van der Waals surface area contributed by atoms with Gasteiger partial charge >= 0.3 is 6.09 Å². The molecule has 1 aliphatic carbocycles. The monoisotopic (exact) mass is 725 g/mol. The first-order chi connectivity index (χ1) is 22.2. The molecule has 5 atom stereocenters. The van der Waals surface area contributed by atoms with Crippen molar-refractivity contribution in [2.75, 3.05) is 0 Å². The maximum atomic E-state index is 14.3. The maximum absolute atomic E-state index is 14.3. The van der Waals surface area contributed by atoms with E-state index in [2.05, 4.69) is 20.9 Å². The minimum atomic E-state index is -1.51. The first kappa shape index (κ1) is 36.7. The second kappa shape index (κ2) is 15.4. The van der Waals surface area contributed by atoms with E-state index in [4.69, 9.17) is 56.9 Å². The summed E-state index contributed by atoms with van der Waals surface area (Å²) in [6.07, 6.45) is 0.910. The standard InChI is InChI=1S/C33H39Cl4N5O5/c1-5-16(3)26(29(38)43)40-31(45)33(8-7-25-23(14-33)22-12-21(36)13-24(37)28(22)39-25)42-30(44)27(17(4)6-2)41-32(46)47-15-18-9-19(34)11-20(35)10-18/h9-13,16-17,26-27,39H,5-8,14-15H2,1-4H3,(H2,38,43)(H,40,45)(H,41,46)(H,42,44)/t16?,17?,26-,27-,33+/m0/s1. The second-order valence-electron chi connectivity index (χ2n) is 12.2. The molecular formula is C33H39Cl4N5O5. The number of amides is 4. The number of nitrogens with two attached hydrogens (primary N) is 1. The van der Waals surface area contributed by atoms with Crippen LogP contribution in [0.5, 0.6) is 0 Å². The zero-order valence-electron chi connectivity index (χ0n) is 26.6. The second-order valence-corrected chi connectivity index (χ2v) is 14.0. The minimum Gasteiger partial charge on any atom is -0.445 e. The summed E-state index contributed by atoms with van der Waals surface area (Å²) in [4.78, 5) is 57.1. The summed E-state index contributed by atoms with van der Waals surface area (Å²) in [6, 6.07) is 6.15. The van der Waals surface area contributed by atoms with Crippen molar-refractivity contribution < 1.29 is 23.9 Å². The normalized spacial score (nSPS) is 18.4. The van der Waals surface area contributed by atoms with Crippen molar-refractivity contribution in [3.05, 3.63) is 67.2 Å². The molecular weight excluding hydrogens is 688 g/mol. The first-order valence-electron chi connectivity index (χ1n) is 15.5. The van der Waals surface area contributed by atoms with Gasteiger partial charge in [0.1, 0.15) is 24.2 Å². The lowest BCUT2D eigenvalue weighted by Crippen LogP contribution is -2.67. The van der Waals surface area contributed by atoms with Crippen LogP contribution in [-0.4, -0.2) is 46.4 Å². The largest absolute Gasteiger partial charge is 0.445 e. The Labute approximate surface area is 293 Å². The SMILES string of the molecule is CCC(C)[C@H](NC(=O)[C@@]1(NC(=O)[C@@H](NC(=O)OCc2cc(Cl)cc(Cl)c2)C(C)CC)CCc2[nH]c3c(Cl)cc(Cl)cc3c2C1)C(N)=O. The Morgan fingerprint density at radius 3 is 2.15 bits per heavy atom. The van der Waals surface area contributed by atoms with Crippen molar-refractivity contribution in [2.24, 2.45) is 17.6 Å². The number of alkyl carbamates (subject to hydrolysis) is 1. The molecule has 2 unspecified atom stereocenters. The predicted octanol–water partition coefficient (Wildman–Crippen LogP) is 6.48. The fourth-order valence-electron chi connectivity index (χ4n) is 5.86. The number of hydrogen-bond donors (Lipinski definition) is 5. The van der Waals surface area contributed by atoms with Gasteiger partial charge in [-0.05, 0) is 66.1 Å². The van der Waals surface area contributed by atoms with E-state index in [1.807, 2.05) is 27.7 Å². The fraction of sp³-hybridized carbons (Fsp3) is 0.455. The van der Waals surface area contributed by atoms with Gasteiger partial charge in [0.2, 0.25) is 17.7 Å². The topological polar surface area (TPSA) is 155 Å². The molecule has 2 aromatic carbocycles. The van der Waals surface area contributed by atoms with Gasteiger partial charge in [-0.3, -0.25) is 14.4 Å². The van der Waals surface area contributed by atoms with Crippen LogP contribution >= 0.6 is 46.4 Å². The van der Waals surface area contributed by atoms with Crippen molar-refractivity contribution in [3.63, 3.8) is 0 Å². The molecule has 0 aliphatic heterocycles. The quantitative estimate of drug-likeness (QED) is 0.145. The summed E-state index contributed by atoms with van der Waals surface area (Å²) in [7, 11) is 0. The van der Waals surface area contributed by atoms with Gasteiger partial charge in [0.05, 0.1) is 10.5 Å². The number of aryl methyl sites for hydroxylation is 1. The summed E-state index contributed by atoms with van der Waals surface area (Å²) < 4.78 is 5.39. The number of primary amides is 1. The molecule has 47 heavy (non-hydrogen) atoms. The van der Waals surface area contributed by atoms with Gasteiger partial charge in [-0.25, -0.2) is 4.79 Å². The molecule has 4 rings (SSSR count). The molecule has 10 nitrogen and oxygen atoms in total. The zero-order chi connectivity index (χ0) is 34.6. The van der Waals surface area contributed by atoms with E-state index in [1.165, 1.54) is 0 Å². The average molecular weight is 728 g/mol. The number of halogens is 4.